The number of benzene rings is 10. The molecule has 12 rings (SSSR count). The molecule has 0 aliphatic carbocycles. The minimum atomic E-state index is 0.859. The first kappa shape index (κ1) is 36.8. The third kappa shape index (κ3) is 6.50. The smallest absolute Gasteiger partial charge is 0.137 e. The van der Waals surface area contributed by atoms with Crippen molar-refractivity contribution < 1.29 is 4.42 Å². The summed E-state index contributed by atoms with van der Waals surface area (Å²) in [5.41, 5.74) is 14.5. The molecule has 0 aliphatic rings. The maximum Gasteiger partial charge on any atom is 0.137 e. The molecule has 0 atom stereocenters. The molecule has 0 unspecified atom stereocenters. The lowest BCUT2D eigenvalue weighted by molar-refractivity contribution is 0.669. The van der Waals surface area contributed by atoms with Crippen molar-refractivity contribution in [2.75, 3.05) is 4.90 Å². The van der Waals surface area contributed by atoms with Crippen LogP contribution in [0.5, 0.6) is 0 Å². The van der Waals surface area contributed by atoms with Crippen LogP contribution >= 0.6 is 11.3 Å². The fourth-order valence-electron chi connectivity index (χ4n) is 9.40. The van der Waals surface area contributed by atoms with Gasteiger partial charge in [-0.1, -0.05) is 170 Å². The summed E-state index contributed by atoms with van der Waals surface area (Å²) in [6.07, 6.45) is 2.41. The average Bonchev–Trinajstić information content (AvgIpc) is 3.93. The van der Waals surface area contributed by atoms with Crippen LogP contribution < -0.4 is 4.90 Å². The van der Waals surface area contributed by atoms with Gasteiger partial charge >= 0.3 is 0 Å². The second-order valence-electron chi connectivity index (χ2n) is 16.0. The molecule has 296 valence electrons. The number of fused-ring (bicyclic) bond motifs is 7. The Balaban J connectivity index is 1.04. The van der Waals surface area contributed by atoms with E-state index in [1.54, 1.807) is 0 Å². The summed E-state index contributed by atoms with van der Waals surface area (Å²) in [6.45, 7) is 0. The SMILES string of the molecule is C(=C(/c1ccc(-c2ccccc2)cc1)c1ccc(-c2ccc3oc4cccc(N(c5ccccc5)c5ccccc5)c4c3c2)c2ccccc12)/c1cccc2sc3ccccc3c12. The number of thiophene rings is 1. The topological polar surface area (TPSA) is 16.4 Å². The molecule has 0 saturated heterocycles. The van der Waals surface area contributed by atoms with E-state index >= 15 is 0 Å². The van der Waals surface area contributed by atoms with Gasteiger partial charge in [-0.05, 0) is 122 Å². The fraction of sp³-hybridized carbons (Fsp3) is 0. The molecule has 10 aromatic carbocycles. The van der Waals surface area contributed by atoms with E-state index in [1.807, 2.05) is 11.3 Å². The van der Waals surface area contributed by atoms with Crippen LogP contribution in [-0.2, 0) is 0 Å². The fourth-order valence-corrected chi connectivity index (χ4v) is 10.5. The Kier molecular flexibility index (Phi) is 9.06. The van der Waals surface area contributed by atoms with E-state index in [9.17, 15) is 0 Å². The Morgan fingerprint density at radius 3 is 1.79 bits per heavy atom. The van der Waals surface area contributed by atoms with Gasteiger partial charge in [-0.3, -0.25) is 0 Å². The quantitative estimate of drug-likeness (QED) is 0.142. The Bertz CT molecular complexity index is 3620. The predicted octanol–water partition coefficient (Wildman–Crippen LogP) is 17.5. The number of anilines is 3. The van der Waals surface area contributed by atoms with Gasteiger partial charge in [-0.15, -0.1) is 11.3 Å². The highest BCUT2D eigenvalue weighted by Gasteiger charge is 2.21. The van der Waals surface area contributed by atoms with Crippen LogP contribution in [-0.4, -0.2) is 0 Å². The van der Waals surface area contributed by atoms with Crippen LogP contribution in [0.4, 0.5) is 17.1 Å². The van der Waals surface area contributed by atoms with Crippen LogP contribution in [0.15, 0.2) is 235 Å². The summed E-state index contributed by atoms with van der Waals surface area (Å²) in [5.74, 6) is 0. The standard InChI is InChI=1S/C60H39NOS/c1-4-16-40(17-5-1)41-30-32-42(33-31-41)52(39-44-18-14-29-58-59(44)51-25-12-13-28-57(51)63-58)50-36-35-47(48-23-10-11-24-49(48)50)43-34-37-55-53(38-43)60-54(26-15-27-56(60)62-55)61(45-19-6-2-7-20-45)46-21-8-3-9-22-46/h1-39H/b52-39+. The van der Waals surface area contributed by atoms with Crippen LogP contribution in [0, 0.1) is 0 Å². The summed E-state index contributed by atoms with van der Waals surface area (Å²) in [5, 5.41) is 7.16. The van der Waals surface area contributed by atoms with E-state index in [0.717, 1.165) is 44.6 Å². The highest BCUT2D eigenvalue weighted by Crippen LogP contribution is 2.45. The monoisotopic (exact) mass is 821 g/mol. The summed E-state index contributed by atoms with van der Waals surface area (Å²) in [7, 11) is 0. The maximum atomic E-state index is 6.60. The van der Waals surface area contributed by atoms with Crippen molar-refractivity contribution in [1.82, 2.24) is 0 Å². The van der Waals surface area contributed by atoms with Crippen molar-refractivity contribution in [1.29, 1.82) is 0 Å². The molecular formula is C60H39NOS. The van der Waals surface area contributed by atoms with Gasteiger partial charge < -0.3 is 9.32 Å². The average molecular weight is 822 g/mol. The molecule has 2 nitrogen and oxygen atoms in total. The van der Waals surface area contributed by atoms with Crippen molar-refractivity contribution in [3.05, 3.63) is 247 Å². The van der Waals surface area contributed by atoms with Crippen molar-refractivity contribution in [3.8, 4) is 22.3 Å². The lowest BCUT2D eigenvalue weighted by Crippen LogP contribution is -2.09. The molecule has 2 heterocycles. The summed E-state index contributed by atoms with van der Waals surface area (Å²) < 4.78 is 9.21. The molecule has 0 N–H and O–H groups in total. The van der Waals surface area contributed by atoms with E-state index in [-0.39, 0.29) is 0 Å². The Morgan fingerprint density at radius 2 is 1.03 bits per heavy atom. The predicted molar refractivity (Wildman–Crippen MR) is 270 cm³/mol. The van der Waals surface area contributed by atoms with E-state index in [1.165, 1.54) is 69.9 Å². The van der Waals surface area contributed by atoms with Gasteiger partial charge in [-0.2, -0.15) is 0 Å². The summed E-state index contributed by atoms with van der Waals surface area (Å²) in [6, 6.07) is 82.9. The molecule has 12 aromatic rings. The molecule has 3 heteroatoms. The van der Waals surface area contributed by atoms with Gasteiger partial charge in [0.05, 0.1) is 11.1 Å². The van der Waals surface area contributed by atoms with E-state index in [4.69, 9.17) is 4.42 Å². The highest BCUT2D eigenvalue weighted by molar-refractivity contribution is 7.25. The molecule has 2 aromatic heterocycles. The van der Waals surface area contributed by atoms with Crippen LogP contribution in [0.2, 0.25) is 0 Å². The van der Waals surface area contributed by atoms with Crippen molar-refractivity contribution in [2.45, 2.75) is 0 Å². The number of para-hydroxylation sites is 2. The Hall–Kier alpha value is -7.98. The lowest BCUT2D eigenvalue weighted by atomic mass is 9.87. The Morgan fingerprint density at radius 1 is 0.413 bits per heavy atom. The molecular weight excluding hydrogens is 783 g/mol. The molecule has 0 spiro atoms. The van der Waals surface area contributed by atoms with Gasteiger partial charge in [0, 0.05) is 36.9 Å². The zero-order valence-electron chi connectivity index (χ0n) is 34.3. The number of hydrogen-bond donors (Lipinski definition) is 0. The van der Waals surface area contributed by atoms with E-state index in [2.05, 4.69) is 241 Å². The largest absolute Gasteiger partial charge is 0.456 e. The zero-order chi connectivity index (χ0) is 41.7. The second-order valence-corrected chi connectivity index (χ2v) is 17.1. The Labute approximate surface area is 369 Å². The van der Waals surface area contributed by atoms with Gasteiger partial charge in [0.25, 0.3) is 0 Å². The number of furan rings is 1. The van der Waals surface area contributed by atoms with Crippen LogP contribution in [0.3, 0.4) is 0 Å². The van der Waals surface area contributed by atoms with Crippen LogP contribution in [0.1, 0.15) is 16.7 Å². The number of nitrogens with zero attached hydrogens (tertiary/aromatic N) is 1. The minimum Gasteiger partial charge on any atom is -0.456 e. The van der Waals surface area contributed by atoms with E-state index < -0.39 is 0 Å². The molecule has 0 fully saturated rings. The third-order valence-corrected chi connectivity index (χ3v) is 13.4. The second kappa shape index (κ2) is 15.5. The minimum absolute atomic E-state index is 0.859. The van der Waals surface area contributed by atoms with Crippen molar-refractivity contribution in [3.63, 3.8) is 0 Å². The first-order valence-electron chi connectivity index (χ1n) is 21.4. The van der Waals surface area contributed by atoms with Gasteiger partial charge in [-0.25, -0.2) is 0 Å². The highest BCUT2D eigenvalue weighted by atomic mass is 32.1. The maximum absolute atomic E-state index is 6.60. The zero-order valence-corrected chi connectivity index (χ0v) is 35.1. The molecule has 0 radical (unpaired) electrons. The van der Waals surface area contributed by atoms with Crippen LogP contribution in [0.25, 0.3) is 86.8 Å². The first-order chi connectivity index (χ1) is 31.2. The molecule has 63 heavy (non-hydrogen) atoms. The third-order valence-electron chi connectivity index (χ3n) is 12.3. The molecule has 0 bridgehead atoms. The normalized spacial score (nSPS) is 11.9. The summed E-state index contributed by atoms with van der Waals surface area (Å²) >= 11 is 1.86. The van der Waals surface area contributed by atoms with Crippen molar-refractivity contribution >= 4 is 92.9 Å². The number of rotatable bonds is 8. The molecule has 0 amide bonds. The summed E-state index contributed by atoms with van der Waals surface area (Å²) in [4.78, 5) is 2.33. The van der Waals surface area contributed by atoms with Gasteiger partial charge in [0.2, 0.25) is 0 Å². The van der Waals surface area contributed by atoms with Gasteiger partial charge in [0.1, 0.15) is 11.2 Å². The first-order valence-corrected chi connectivity index (χ1v) is 22.2. The number of hydrogen-bond acceptors (Lipinski definition) is 3. The van der Waals surface area contributed by atoms with Gasteiger partial charge in [0.15, 0.2) is 0 Å². The molecule has 0 saturated carbocycles. The van der Waals surface area contributed by atoms with E-state index in [0.29, 0.717) is 0 Å². The van der Waals surface area contributed by atoms with Crippen molar-refractivity contribution in [2.24, 2.45) is 0 Å². The molecule has 0 aliphatic heterocycles. The lowest BCUT2D eigenvalue weighted by Gasteiger charge is -2.26.